The Morgan fingerprint density at radius 2 is 1.88 bits per heavy atom. The van der Waals surface area contributed by atoms with E-state index >= 15 is 0 Å². The third-order valence-electron chi connectivity index (χ3n) is 3.05. The Hall–Kier alpha value is -1.40. The molecule has 2 N–H and O–H groups in total. The first-order valence-corrected chi connectivity index (χ1v) is 5.52. The van der Waals surface area contributed by atoms with Crippen LogP contribution in [-0.2, 0) is 6.54 Å². The topological polar surface area (TPSA) is 76.5 Å². The summed E-state index contributed by atoms with van der Waals surface area (Å²) in [5, 5.41) is 12.5. The van der Waals surface area contributed by atoms with E-state index in [2.05, 4.69) is 15.3 Å². The minimum Gasteiger partial charge on any atom is -0.481 e. The molecule has 1 fully saturated rings. The molecule has 2 rings (SSSR count). The number of aromatic nitrogens is 2. The maximum atomic E-state index is 9.23. The van der Waals surface area contributed by atoms with Crippen molar-refractivity contribution in [1.82, 2.24) is 15.3 Å². The fourth-order valence-electron chi connectivity index (χ4n) is 1.70. The molecule has 0 saturated heterocycles. The molecule has 0 atom stereocenters. The number of hydrogen-bond acceptors (Lipinski definition) is 6. The summed E-state index contributed by atoms with van der Waals surface area (Å²) < 4.78 is 10.3. The molecule has 0 spiro atoms. The second-order valence-electron chi connectivity index (χ2n) is 4.16. The molecule has 17 heavy (non-hydrogen) atoms. The molecular weight excluding hydrogens is 222 g/mol. The summed E-state index contributed by atoms with van der Waals surface area (Å²) in [5.41, 5.74) is 0.642. The quantitative estimate of drug-likeness (QED) is 0.733. The minimum atomic E-state index is -0.133. The van der Waals surface area contributed by atoms with Crippen molar-refractivity contribution >= 4 is 0 Å². The highest BCUT2D eigenvalue weighted by atomic mass is 16.5. The molecule has 0 aromatic carbocycles. The smallest absolute Gasteiger partial charge is 0.224 e. The van der Waals surface area contributed by atoms with Crippen LogP contribution in [0, 0.1) is 0 Å². The average molecular weight is 239 g/mol. The standard InChI is InChI=1S/C11H17N3O3/c1-16-9-8(10(17-2)13-7-12-9)5-14-11(6-15)3-4-11/h7,14-15H,3-6H2,1-2H3. The molecule has 0 bridgehead atoms. The third-order valence-corrected chi connectivity index (χ3v) is 3.05. The van der Waals surface area contributed by atoms with Crippen molar-refractivity contribution in [3.05, 3.63) is 11.9 Å². The van der Waals surface area contributed by atoms with Crippen molar-refractivity contribution < 1.29 is 14.6 Å². The van der Waals surface area contributed by atoms with Crippen LogP contribution in [-0.4, -0.2) is 41.4 Å². The third kappa shape index (κ3) is 2.48. The van der Waals surface area contributed by atoms with E-state index in [0.29, 0.717) is 18.3 Å². The molecule has 0 aliphatic heterocycles. The number of rotatable bonds is 6. The summed E-state index contributed by atoms with van der Waals surface area (Å²) in [6, 6.07) is 0. The maximum Gasteiger partial charge on any atom is 0.224 e. The number of nitrogens with one attached hydrogen (secondary N) is 1. The molecule has 6 heteroatoms. The van der Waals surface area contributed by atoms with Gasteiger partial charge in [0.25, 0.3) is 0 Å². The van der Waals surface area contributed by atoms with Crippen LogP contribution < -0.4 is 14.8 Å². The molecule has 0 radical (unpaired) electrons. The monoisotopic (exact) mass is 239 g/mol. The van der Waals surface area contributed by atoms with Crippen LogP contribution in [0.5, 0.6) is 11.8 Å². The SMILES string of the molecule is COc1ncnc(OC)c1CNC1(CO)CC1. The van der Waals surface area contributed by atoms with Crippen molar-refractivity contribution in [1.29, 1.82) is 0 Å². The molecular formula is C11H17N3O3. The maximum absolute atomic E-state index is 9.23. The van der Waals surface area contributed by atoms with Crippen LogP contribution in [0.1, 0.15) is 18.4 Å². The van der Waals surface area contributed by atoms with Crippen LogP contribution in [0.2, 0.25) is 0 Å². The second-order valence-corrected chi connectivity index (χ2v) is 4.16. The summed E-state index contributed by atoms with van der Waals surface area (Å²) in [4.78, 5) is 8.07. The summed E-state index contributed by atoms with van der Waals surface area (Å²) in [6.07, 6.45) is 3.38. The van der Waals surface area contributed by atoms with Crippen molar-refractivity contribution in [2.45, 2.75) is 24.9 Å². The zero-order valence-corrected chi connectivity index (χ0v) is 10.1. The Bertz CT molecular complexity index is 371. The summed E-state index contributed by atoms with van der Waals surface area (Å²) in [5.74, 6) is 0.996. The van der Waals surface area contributed by atoms with E-state index in [1.807, 2.05) is 0 Å². The number of methoxy groups -OCH3 is 2. The average Bonchev–Trinajstić information content (AvgIpc) is 3.16. The lowest BCUT2D eigenvalue weighted by molar-refractivity contribution is 0.228. The van der Waals surface area contributed by atoms with E-state index in [9.17, 15) is 5.11 Å². The first-order valence-electron chi connectivity index (χ1n) is 5.52. The van der Waals surface area contributed by atoms with Gasteiger partial charge >= 0.3 is 0 Å². The van der Waals surface area contributed by atoms with Gasteiger partial charge in [-0.2, -0.15) is 0 Å². The Morgan fingerprint density at radius 1 is 1.29 bits per heavy atom. The van der Waals surface area contributed by atoms with Gasteiger partial charge in [0, 0.05) is 12.1 Å². The van der Waals surface area contributed by atoms with Gasteiger partial charge in [0.2, 0.25) is 11.8 Å². The van der Waals surface area contributed by atoms with Gasteiger partial charge in [-0.1, -0.05) is 0 Å². The highest BCUT2D eigenvalue weighted by Crippen LogP contribution is 2.35. The van der Waals surface area contributed by atoms with E-state index in [1.165, 1.54) is 6.33 Å². The minimum absolute atomic E-state index is 0.133. The van der Waals surface area contributed by atoms with Gasteiger partial charge in [-0.25, -0.2) is 9.97 Å². The molecule has 0 unspecified atom stereocenters. The molecule has 0 amide bonds. The first kappa shape index (κ1) is 12.1. The number of ether oxygens (including phenoxy) is 2. The molecule has 1 aromatic rings. The zero-order valence-electron chi connectivity index (χ0n) is 10.1. The van der Waals surface area contributed by atoms with Gasteiger partial charge in [-0.3, -0.25) is 0 Å². The van der Waals surface area contributed by atoms with Gasteiger partial charge in [0.1, 0.15) is 6.33 Å². The molecule has 1 saturated carbocycles. The zero-order chi connectivity index (χ0) is 12.3. The Kier molecular flexibility index (Phi) is 3.44. The molecule has 1 aliphatic carbocycles. The van der Waals surface area contributed by atoms with Crippen molar-refractivity contribution in [2.75, 3.05) is 20.8 Å². The highest BCUT2D eigenvalue weighted by molar-refractivity contribution is 5.34. The second kappa shape index (κ2) is 4.85. The summed E-state index contributed by atoms with van der Waals surface area (Å²) >= 11 is 0. The van der Waals surface area contributed by atoms with Gasteiger partial charge < -0.3 is 19.9 Å². The van der Waals surface area contributed by atoms with Crippen molar-refractivity contribution in [3.63, 3.8) is 0 Å². The van der Waals surface area contributed by atoms with Gasteiger partial charge in [-0.15, -0.1) is 0 Å². The summed E-state index contributed by atoms with van der Waals surface area (Å²) in [7, 11) is 3.12. The lowest BCUT2D eigenvalue weighted by atomic mass is 10.2. The Labute approximate surface area is 100.0 Å². The number of nitrogens with zero attached hydrogens (tertiary/aromatic N) is 2. The Morgan fingerprint density at radius 3 is 2.29 bits per heavy atom. The van der Waals surface area contributed by atoms with E-state index < -0.39 is 0 Å². The molecule has 1 aliphatic rings. The molecule has 1 aromatic heterocycles. The van der Waals surface area contributed by atoms with E-state index in [1.54, 1.807) is 14.2 Å². The Balaban J connectivity index is 2.13. The van der Waals surface area contributed by atoms with Crippen LogP contribution in [0.3, 0.4) is 0 Å². The van der Waals surface area contributed by atoms with Crippen LogP contribution in [0.15, 0.2) is 6.33 Å². The van der Waals surface area contributed by atoms with Crippen LogP contribution in [0.4, 0.5) is 0 Å². The van der Waals surface area contributed by atoms with E-state index in [4.69, 9.17) is 9.47 Å². The molecule has 94 valence electrons. The largest absolute Gasteiger partial charge is 0.481 e. The lowest BCUT2D eigenvalue weighted by Gasteiger charge is -2.16. The number of aliphatic hydroxyl groups excluding tert-OH is 1. The van der Waals surface area contributed by atoms with Crippen LogP contribution in [0.25, 0.3) is 0 Å². The van der Waals surface area contributed by atoms with Crippen molar-refractivity contribution in [2.24, 2.45) is 0 Å². The lowest BCUT2D eigenvalue weighted by Crippen LogP contribution is -2.34. The van der Waals surface area contributed by atoms with Gasteiger partial charge in [0.15, 0.2) is 0 Å². The highest BCUT2D eigenvalue weighted by Gasteiger charge is 2.41. The van der Waals surface area contributed by atoms with Crippen LogP contribution >= 0.6 is 0 Å². The van der Waals surface area contributed by atoms with E-state index in [0.717, 1.165) is 18.4 Å². The number of hydrogen-bond donors (Lipinski definition) is 2. The molecule has 1 heterocycles. The number of aliphatic hydroxyl groups is 1. The molecule has 6 nitrogen and oxygen atoms in total. The van der Waals surface area contributed by atoms with Gasteiger partial charge in [-0.05, 0) is 12.8 Å². The fraction of sp³-hybridized carbons (Fsp3) is 0.636. The van der Waals surface area contributed by atoms with E-state index in [-0.39, 0.29) is 12.1 Å². The van der Waals surface area contributed by atoms with Gasteiger partial charge in [0.05, 0.1) is 26.4 Å². The first-order chi connectivity index (χ1) is 8.24. The normalized spacial score (nSPS) is 16.6. The summed E-state index contributed by atoms with van der Waals surface area (Å²) in [6.45, 7) is 0.666. The predicted octanol–water partition coefficient (Wildman–Crippen LogP) is 0.108. The fourth-order valence-corrected chi connectivity index (χ4v) is 1.70. The predicted molar refractivity (Wildman–Crippen MR) is 61.0 cm³/mol. The van der Waals surface area contributed by atoms with Crippen molar-refractivity contribution in [3.8, 4) is 11.8 Å².